The number of anilines is 2. The molecular weight excluding hydrogens is 464 g/mol. The number of carbonyl (C=O) groups is 1. The van der Waals surface area contributed by atoms with Gasteiger partial charge < -0.3 is 19.3 Å². The third-order valence-electron chi connectivity index (χ3n) is 7.57. The van der Waals surface area contributed by atoms with E-state index in [4.69, 9.17) is 14.7 Å². The second kappa shape index (κ2) is 10.2. The number of rotatable bonds is 4. The van der Waals surface area contributed by atoms with Gasteiger partial charge in [-0.15, -0.1) is 0 Å². The summed E-state index contributed by atoms with van der Waals surface area (Å²) in [5.41, 5.74) is 4.48. The normalized spacial score (nSPS) is 19.2. The van der Waals surface area contributed by atoms with E-state index >= 15 is 0 Å². The summed E-state index contributed by atoms with van der Waals surface area (Å²) >= 11 is 0. The first-order chi connectivity index (χ1) is 18.2. The van der Waals surface area contributed by atoms with Gasteiger partial charge in [-0.1, -0.05) is 24.3 Å². The molecule has 3 heterocycles. The molecule has 0 aliphatic carbocycles. The lowest BCUT2D eigenvalue weighted by molar-refractivity contribution is 0.0963. The summed E-state index contributed by atoms with van der Waals surface area (Å²) < 4.78 is 11.7. The first-order valence-corrected chi connectivity index (χ1v) is 13.0. The van der Waals surface area contributed by atoms with Crippen LogP contribution >= 0.6 is 0 Å². The standard InChI is InChI=1S/C30H30N4O3/c31-20-22-8-10-24(11-9-22)30(35)34-25(13-12-23-4-1-2-5-26(23)34)21-32-14-16-33(17-15-32)27-6-3-7-28-29(27)37-19-18-36-28/h1-11,25H,12-19,21H2. The molecule has 0 N–H and O–H groups in total. The van der Waals surface area contributed by atoms with E-state index in [-0.39, 0.29) is 11.9 Å². The Balaban J connectivity index is 1.18. The Bertz CT molecular complexity index is 1330. The van der Waals surface area contributed by atoms with Crippen LogP contribution < -0.4 is 19.3 Å². The van der Waals surface area contributed by atoms with E-state index in [2.05, 4.69) is 34.1 Å². The number of fused-ring (bicyclic) bond motifs is 2. The van der Waals surface area contributed by atoms with Crippen LogP contribution in [-0.4, -0.2) is 62.8 Å². The van der Waals surface area contributed by atoms with E-state index in [9.17, 15) is 4.79 Å². The molecule has 0 spiro atoms. The van der Waals surface area contributed by atoms with Crippen molar-refractivity contribution in [1.82, 2.24) is 4.90 Å². The van der Waals surface area contributed by atoms with Gasteiger partial charge in [0.05, 0.1) is 23.4 Å². The first kappa shape index (κ1) is 23.4. The minimum absolute atomic E-state index is 0.00617. The summed E-state index contributed by atoms with van der Waals surface area (Å²) in [6.07, 6.45) is 1.89. The predicted octanol–water partition coefficient (Wildman–Crippen LogP) is 4.11. The van der Waals surface area contributed by atoms with Gasteiger partial charge in [-0.05, 0) is 60.9 Å². The summed E-state index contributed by atoms with van der Waals surface area (Å²) in [6.45, 7) is 5.63. The second-order valence-electron chi connectivity index (χ2n) is 9.77. The molecule has 7 nitrogen and oxygen atoms in total. The van der Waals surface area contributed by atoms with Crippen molar-refractivity contribution in [3.63, 3.8) is 0 Å². The van der Waals surface area contributed by atoms with Gasteiger partial charge in [0.15, 0.2) is 11.5 Å². The molecule has 3 aliphatic rings. The van der Waals surface area contributed by atoms with Crippen molar-refractivity contribution >= 4 is 17.3 Å². The molecule has 0 aromatic heterocycles. The quantitative estimate of drug-likeness (QED) is 0.544. The lowest BCUT2D eigenvalue weighted by atomic mass is 9.94. The molecule has 1 amide bonds. The van der Waals surface area contributed by atoms with Crippen molar-refractivity contribution in [1.29, 1.82) is 5.26 Å². The average molecular weight is 495 g/mol. The third kappa shape index (κ3) is 4.61. The molecule has 6 rings (SSSR count). The number of nitrogens with zero attached hydrogens (tertiary/aromatic N) is 4. The maximum Gasteiger partial charge on any atom is 0.258 e. The number of para-hydroxylation sites is 2. The van der Waals surface area contributed by atoms with Crippen molar-refractivity contribution in [3.05, 3.63) is 83.4 Å². The number of benzene rings is 3. The summed E-state index contributed by atoms with van der Waals surface area (Å²) in [5, 5.41) is 9.15. The van der Waals surface area contributed by atoms with Crippen LogP contribution in [0.4, 0.5) is 11.4 Å². The van der Waals surface area contributed by atoms with E-state index in [1.54, 1.807) is 24.3 Å². The molecule has 0 bridgehead atoms. The van der Waals surface area contributed by atoms with Gasteiger partial charge in [-0.2, -0.15) is 5.26 Å². The van der Waals surface area contributed by atoms with Crippen LogP contribution in [0.3, 0.4) is 0 Å². The number of piperazine rings is 1. The Morgan fingerprint density at radius 3 is 2.46 bits per heavy atom. The highest BCUT2D eigenvalue weighted by molar-refractivity contribution is 6.07. The maximum atomic E-state index is 13.8. The number of hydrogen-bond acceptors (Lipinski definition) is 6. The van der Waals surface area contributed by atoms with E-state index in [0.717, 1.165) is 68.4 Å². The Labute approximate surface area is 217 Å². The minimum Gasteiger partial charge on any atom is -0.486 e. The van der Waals surface area contributed by atoms with E-state index in [0.29, 0.717) is 24.3 Å². The monoisotopic (exact) mass is 494 g/mol. The molecule has 1 unspecified atom stereocenters. The van der Waals surface area contributed by atoms with Crippen LogP contribution in [0.5, 0.6) is 11.5 Å². The third-order valence-corrected chi connectivity index (χ3v) is 7.57. The zero-order valence-corrected chi connectivity index (χ0v) is 20.8. The number of aryl methyl sites for hydroxylation is 1. The average Bonchev–Trinajstić information content (AvgIpc) is 2.97. The maximum absolute atomic E-state index is 13.8. The van der Waals surface area contributed by atoms with Crippen molar-refractivity contribution in [2.75, 3.05) is 55.7 Å². The van der Waals surface area contributed by atoms with E-state index in [1.165, 1.54) is 5.56 Å². The fraction of sp³-hybridized carbons (Fsp3) is 0.333. The van der Waals surface area contributed by atoms with Gasteiger partial charge in [0.25, 0.3) is 5.91 Å². The molecule has 1 fully saturated rings. The Hall–Kier alpha value is -4.02. The van der Waals surface area contributed by atoms with Crippen molar-refractivity contribution in [3.8, 4) is 17.6 Å². The zero-order chi connectivity index (χ0) is 25.2. The van der Waals surface area contributed by atoms with Crippen molar-refractivity contribution < 1.29 is 14.3 Å². The number of carbonyl (C=O) groups excluding carboxylic acids is 1. The largest absolute Gasteiger partial charge is 0.486 e. The van der Waals surface area contributed by atoms with Crippen LogP contribution in [0.1, 0.15) is 27.9 Å². The lowest BCUT2D eigenvalue weighted by Gasteiger charge is -2.43. The van der Waals surface area contributed by atoms with Crippen LogP contribution in [0.15, 0.2) is 66.7 Å². The molecule has 3 aromatic carbocycles. The summed E-state index contributed by atoms with van der Waals surface area (Å²) in [6, 6.07) is 23.5. The van der Waals surface area contributed by atoms with Gasteiger partial charge in [0.2, 0.25) is 0 Å². The summed E-state index contributed by atoms with van der Waals surface area (Å²) in [5.74, 6) is 1.67. The SMILES string of the molecule is N#Cc1ccc(C(=O)N2c3ccccc3CCC2CN2CCN(c3cccc4c3OCCO4)CC2)cc1. The fourth-order valence-electron chi connectivity index (χ4n) is 5.66. The number of ether oxygens (including phenoxy) is 2. The second-order valence-corrected chi connectivity index (χ2v) is 9.77. The Morgan fingerprint density at radius 2 is 1.65 bits per heavy atom. The topological polar surface area (TPSA) is 69.0 Å². The van der Waals surface area contributed by atoms with Crippen LogP contribution in [0, 0.1) is 11.3 Å². The predicted molar refractivity (Wildman–Crippen MR) is 143 cm³/mol. The Morgan fingerprint density at radius 1 is 0.892 bits per heavy atom. The molecule has 1 atom stereocenters. The highest BCUT2D eigenvalue weighted by atomic mass is 16.6. The van der Waals surface area contributed by atoms with Crippen LogP contribution in [0.2, 0.25) is 0 Å². The number of amides is 1. The van der Waals surface area contributed by atoms with E-state index in [1.807, 2.05) is 29.2 Å². The minimum atomic E-state index is -0.00617. The van der Waals surface area contributed by atoms with Crippen molar-refractivity contribution in [2.24, 2.45) is 0 Å². The Kier molecular flexibility index (Phi) is 6.42. The van der Waals surface area contributed by atoms with Crippen LogP contribution in [-0.2, 0) is 6.42 Å². The molecule has 188 valence electrons. The van der Waals surface area contributed by atoms with Crippen molar-refractivity contribution in [2.45, 2.75) is 18.9 Å². The zero-order valence-electron chi connectivity index (χ0n) is 20.8. The smallest absolute Gasteiger partial charge is 0.258 e. The summed E-state index contributed by atoms with van der Waals surface area (Å²) in [4.78, 5) is 20.6. The van der Waals surface area contributed by atoms with Gasteiger partial charge in [-0.25, -0.2) is 0 Å². The molecular formula is C30H30N4O3. The lowest BCUT2D eigenvalue weighted by Crippen LogP contribution is -2.54. The molecule has 37 heavy (non-hydrogen) atoms. The number of nitriles is 1. The molecule has 7 heteroatoms. The molecule has 0 saturated carbocycles. The van der Waals surface area contributed by atoms with Crippen LogP contribution in [0.25, 0.3) is 0 Å². The van der Waals surface area contributed by atoms with Gasteiger partial charge in [-0.3, -0.25) is 9.69 Å². The van der Waals surface area contributed by atoms with Gasteiger partial charge >= 0.3 is 0 Å². The van der Waals surface area contributed by atoms with Gasteiger partial charge in [0, 0.05) is 44.0 Å². The first-order valence-electron chi connectivity index (χ1n) is 13.0. The number of hydrogen-bond donors (Lipinski definition) is 0. The highest BCUT2D eigenvalue weighted by Gasteiger charge is 2.34. The summed E-state index contributed by atoms with van der Waals surface area (Å²) in [7, 11) is 0. The molecule has 3 aliphatic heterocycles. The van der Waals surface area contributed by atoms with Gasteiger partial charge in [0.1, 0.15) is 13.2 Å². The fourth-order valence-corrected chi connectivity index (χ4v) is 5.66. The molecule has 3 aromatic rings. The molecule has 1 saturated heterocycles. The molecule has 0 radical (unpaired) electrons. The van der Waals surface area contributed by atoms with E-state index < -0.39 is 0 Å². The highest BCUT2D eigenvalue weighted by Crippen LogP contribution is 2.40.